The molecule has 3 aromatic heterocycles. The second-order valence-corrected chi connectivity index (χ2v) is 6.52. The van der Waals surface area contributed by atoms with Crippen LogP contribution < -0.4 is 11.2 Å². The van der Waals surface area contributed by atoms with Crippen LogP contribution in [0.15, 0.2) is 37.4 Å². The van der Waals surface area contributed by atoms with Crippen LogP contribution in [0.5, 0.6) is 0 Å². The molecule has 0 atom stereocenters. The zero-order valence-electron chi connectivity index (χ0n) is 13.8. The predicted octanol–water partition coefficient (Wildman–Crippen LogP) is 2.18. The van der Waals surface area contributed by atoms with Crippen molar-refractivity contribution in [1.82, 2.24) is 19.1 Å². The lowest BCUT2D eigenvalue weighted by Crippen LogP contribution is -2.37. The van der Waals surface area contributed by atoms with Gasteiger partial charge in [-0.3, -0.25) is 13.9 Å². The zero-order valence-corrected chi connectivity index (χ0v) is 14.6. The van der Waals surface area contributed by atoms with E-state index in [-0.39, 0.29) is 5.56 Å². The lowest BCUT2D eigenvalue weighted by molar-refractivity contribution is 0.576. The minimum atomic E-state index is -0.416. The van der Waals surface area contributed by atoms with Crippen LogP contribution in [-0.4, -0.2) is 24.9 Å². The van der Waals surface area contributed by atoms with E-state index in [1.165, 1.54) is 29.6 Å². The van der Waals surface area contributed by atoms with Crippen LogP contribution in [0, 0.1) is 0 Å². The first-order valence-corrected chi connectivity index (χ1v) is 8.67. The number of fused-ring (bicyclic) bond motifs is 1. The van der Waals surface area contributed by atoms with E-state index in [0.29, 0.717) is 27.6 Å². The number of hydrogen-bond acceptors (Lipinski definition) is 6. The van der Waals surface area contributed by atoms with Crippen LogP contribution in [0.2, 0.25) is 0 Å². The molecule has 0 aromatic carbocycles. The van der Waals surface area contributed by atoms with E-state index in [9.17, 15) is 9.59 Å². The monoisotopic (exact) mass is 346 g/mol. The van der Waals surface area contributed by atoms with Crippen LogP contribution in [0.3, 0.4) is 0 Å². The van der Waals surface area contributed by atoms with Crippen molar-refractivity contribution in [2.75, 3.05) is 5.75 Å². The molecule has 0 fully saturated rings. The van der Waals surface area contributed by atoms with E-state index in [4.69, 9.17) is 4.42 Å². The Morgan fingerprint density at radius 2 is 2.00 bits per heavy atom. The third kappa shape index (κ3) is 2.77. The first-order chi connectivity index (χ1) is 11.5. The third-order valence-corrected chi connectivity index (χ3v) is 4.81. The van der Waals surface area contributed by atoms with Crippen molar-refractivity contribution >= 4 is 22.8 Å². The summed E-state index contributed by atoms with van der Waals surface area (Å²) < 4.78 is 7.82. The van der Waals surface area contributed by atoms with Crippen molar-refractivity contribution in [3.05, 3.63) is 39.2 Å². The summed E-state index contributed by atoms with van der Waals surface area (Å²) in [6, 6.07) is 3.50. The second-order valence-electron chi connectivity index (χ2n) is 5.44. The third-order valence-electron chi connectivity index (χ3n) is 3.75. The molecule has 126 valence electrons. The molecule has 0 spiro atoms. The fraction of sp³-hybridized carbons (Fsp3) is 0.375. The summed E-state index contributed by atoms with van der Waals surface area (Å²) in [5.74, 6) is 1.71. The smallest absolute Gasteiger partial charge is 0.332 e. The van der Waals surface area contributed by atoms with Crippen LogP contribution in [-0.2, 0) is 14.1 Å². The largest absolute Gasteiger partial charge is 0.461 e. The Labute approximate surface area is 142 Å². The molecule has 8 heteroatoms. The van der Waals surface area contributed by atoms with Crippen molar-refractivity contribution < 1.29 is 4.42 Å². The molecule has 3 aromatic rings. The Kier molecular flexibility index (Phi) is 4.57. The molecular formula is C16H18N4O3S. The Bertz CT molecular complexity index is 989. The molecular weight excluding hydrogens is 328 g/mol. The second kappa shape index (κ2) is 6.64. The minimum absolute atomic E-state index is 0.323. The van der Waals surface area contributed by atoms with E-state index >= 15 is 0 Å². The molecule has 0 unspecified atom stereocenters. The number of nitrogens with zero attached hydrogens (tertiary/aromatic N) is 4. The van der Waals surface area contributed by atoms with Crippen LogP contribution >= 0.6 is 11.8 Å². The molecule has 7 nitrogen and oxygen atoms in total. The fourth-order valence-electron chi connectivity index (χ4n) is 2.36. The van der Waals surface area contributed by atoms with Gasteiger partial charge in [-0.15, -0.1) is 11.8 Å². The standard InChI is InChI=1S/C16H18N4O3S/c1-4-5-9-24-14-11-13(19(2)16(22)20(3)15(11)21)17-12(18-14)10-7-6-8-23-10/h6-8H,4-5,9H2,1-3H3. The lowest BCUT2D eigenvalue weighted by Gasteiger charge is -2.11. The van der Waals surface area contributed by atoms with Gasteiger partial charge in [-0.1, -0.05) is 13.3 Å². The average molecular weight is 346 g/mol. The van der Waals surface area contributed by atoms with Gasteiger partial charge < -0.3 is 4.42 Å². The number of hydrogen-bond donors (Lipinski definition) is 0. The number of aryl methyl sites for hydroxylation is 1. The highest BCUT2D eigenvalue weighted by Crippen LogP contribution is 2.26. The highest BCUT2D eigenvalue weighted by molar-refractivity contribution is 7.99. The van der Waals surface area contributed by atoms with Gasteiger partial charge in [0.1, 0.15) is 10.4 Å². The maximum Gasteiger partial charge on any atom is 0.332 e. The first-order valence-electron chi connectivity index (χ1n) is 7.69. The summed E-state index contributed by atoms with van der Waals surface area (Å²) in [6.45, 7) is 2.11. The van der Waals surface area contributed by atoms with Gasteiger partial charge in [0.15, 0.2) is 17.2 Å². The summed E-state index contributed by atoms with van der Waals surface area (Å²) in [6.07, 6.45) is 3.60. The lowest BCUT2D eigenvalue weighted by atomic mass is 10.3. The van der Waals surface area contributed by atoms with Crippen molar-refractivity contribution in [1.29, 1.82) is 0 Å². The molecule has 0 bridgehead atoms. The number of rotatable bonds is 5. The van der Waals surface area contributed by atoms with E-state index in [1.54, 1.807) is 19.2 Å². The van der Waals surface area contributed by atoms with Crippen LogP contribution in [0.1, 0.15) is 19.8 Å². The molecule has 0 N–H and O–H groups in total. The summed E-state index contributed by atoms with van der Waals surface area (Å²) in [5.41, 5.74) is -0.470. The molecule has 0 aliphatic rings. The van der Waals surface area contributed by atoms with Crippen molar-refractivity contribution in [3.8, 4) is 11.6 Å². The molecule has 0 saturated carbocycles. The predicted molar refractivity (Wildman–Crippen MR) is 93.4 cm³/mol. The number of furan rings is 1. The average Bonchev–Trinajstić information content (AvgIpc) is 3.12. The summed E-state index contributed by atoms with van der Waals surface area (Å²) >= 11 is 1.50. The fourth-order valence-corrected chi connectivity index (χ4v) is 3.46. The van der Waals surface area contributed by atoms with Gasteiger partial charge in [-0.05, 0) is 24.3 Å². The van der Waals surface area contributed by atoms with Gasteiger partial charge in [-0.25, -0.2) is 14.8 Å². The van der Waals surface area contributed by atoms with Crippen molar-refractivity contribution in [2.24, 2.45) is 14.1 Å². The topological polar surface area (TPSA) is 82.9 Å². The molecule has 0 saturated heterocycles. The minimum Gasteiger partial charge on any atom is -0.461 e. The molecule has 0 aliphatic heterocycles. The molecule has 0 aliphatic carbocycles. The maximum absolute atomic E-state index is 12.6. The van der Waals surface area contributed by atoms with E-state index < -0.39 is 5.69 Å². The number of unbranched alkanes of at least 4 members (excludes halogenated alkanes) is 1. The van der Waals surface area contributed by atoms with Gasteiger partial charge in [0.25, 0.3) is 5.56 Å². The van der Waals surface area contributed by atoms with E-state index in [2.05, 4.69) is 16.9 Å². The Morgan fingerprint density at radius 3 is 2.67 bits per heavy atom. The van der Waals surface area contributed by atoms with Gasteiger partial charge in [0, 0.05) is 14.1 Å². The highest BCUT2D eigenvalue weighted by Gasteiger charge is 2.18. The summed E-state index contributed by atoms with van der Waals surface area (Å²) in [5, 5.41) is 0.951. The molecule has 3 rings (SSSR count). The molecule has 3 heterocycles. The molecule has 24 heavy (non-hydrogen) atoms. The van der Waals surface area contributed by atoms with Crippen molar-refractivity contribution in [3.63, 3.8) is 0 Å². The summed E-state index contributed by atoms with van der Waals surface area (Å²) in [7, 11) is 3.06. The SMILES string of the molecule is CCCCSc1nc(-c2ccco2)nc2c1c(=O)n(C)c(=O)n2C. The normalized spacial score (nSPS) is 11.3. The van der Waals surface area contributed by atoms with Gasteiger partial charge in [0.05, 0.1) is 6.26 Å². The summed E-state index contributed by atoms with van der Waals surface area (Å²) in [4.78, 5) is 33.7. The first kappa shape index (κ1) is 16.5. The maximum atomic E-state index is 12.6. The Morgan fingerprint density at radius 1 is 1.21 bits per heavy atom. The van der Waals surface area contributed by atoms with Gasteiger partial charge in [-0.2, -0.15) is 0 Å². The molecule has 0 amide bonds. The van der Waals surface area contributed by atoms with Gasteiger partial charge in [0.2, 0.25) is 0 Å². The van der Waals surface area contributed by atoms with E-state index in [1.807, 2.05) is 0 Å². The highest BCUT2D eigenvalue weighted by atomic mass is 32.2. The van der Waals surface area contributed by atoms with E-state index in [0.717, 1.165) is 23.2 Å². The zero-order chi connectivity index (χ0) is 17.3. The van der Waals surface area contributed by atoms with Crippen molar-refractivity contribution in [2.45, 2.75) is 24.8 Å². The Balaban J connectivity index is 2.32. The van der Waals surface area contributed by atoms with Crippen LogP contribution in [0.4, 0.5) is 0 Å². The molecule has 0 radical (unpaired) electrons. The van der Waals surface area contributed by atoms with Gasteiger partial charge >= 0.3 is 5.69 Å². The Hall–Kier alpha value is -2.35. The van der Waals surface area contributed by atoms with Crippen LogP contribution in [0.25, 0.3) is 22.6 Å². The number of thioether (sulfide) groups is 1. The number of aromatic nitrogens is 4. The quantitative estimate of drug-likeness (QED) is 0.400.